The van der Waals surface area contributed by atoms with E-state index in [0.717, 1.165) is 21.9 Å². The average molecular weight is 584 g/mol. The van der Waals surface area contributed by atoms with Crippen molar-refractivity contribution in [1.82, 2.24) is 9.80 Å². The van der Waals surface area contributed by atoms with Gasteiger partial charge in [0, 0.05) is 32.1 Å². The van der Waals surface area contributed by atoms with Crippen molar-refractivity contribution in [2.75, 3.05) is 26.7 Å². The number of carbonyl (C=O) groups excluding carboxylic acids is 3. The quantitative estimate of drug-likeness (QED) is 0.244. The first-order chi connectivity index (χ1) is 20.5. The van der Waals surface area contributed by atoms with Gasteiger partial charge in [0.2, 0.25) is 11.8 Å². The van der Waals surface area contributed by atoms with Crippen LogP contribution in [0.15, 0.2) is 84.9 Å². The molecule has 1 aliphatic rings. The number of amides is 2. The molecule has 0 saturated carbocycles. The van der Waals surface area contributed by atoms with E-state index in [2.05, 4.69) is 18.2 Å². The Balaban J connectivity index is 1.56. The highest BCUT2D eigenvalue weighted by Crippen LogP contribution is 2.37. The Morgan fingerprint density at radius 3 is 2.28 bits per heavy atom. The second kappa shape index (κ2) is 14.0. The van der Waals surface area contributed by atoms with Gasteiger partial charge < -0.3 is 20.3 Å². The first-order valence-electron chi connectivity index (χ1n) is 15.2. The maximum absolute atomic E-state index is 14.2. The number of likely N-dealkylation sites (tertiary alicyclic amines) is 1. The Morgan fingerprint density at radius 1 is 0.977 bits per heavy atom. The number of rotatable bonds is 11. The summed E-state index contributed by atoms with van der Waals surface area (Å²) in [5.74, 6) is -0.571. The van der Waals surface area contributed by atoms with E-state index in [1.54, 1.807) is 13.1 Å². The fourth-order valence-electron chi connectivity index (χ4n) is 5.80. The molecule has 1 atom stereocenters. The van der Waals surface area contributed by atoms with Gasteiger partial charge in [0.25, 0.3) is 0 Å². The first kappa shape index (κ1) is 32.0. The summed E-state index contributed by atoms with van der Waals surface area (Å²) in [6.07, 6.45) is 5.77. The van der Waals surface area contributed by atoms with Crippen molar-refractivity contribution in [2.24, 2.45) is 11.1 Å². The van der Waals surface area contributed by atoms with Crippen molar-refractivity contribution in [2.45, 2.75) is 64.5 Å². The zero-order valence-corrected chi connectivity index (χ0v) is 25.9. The predicted molar refractivity (Wildman–Crippen MR) is 171 cm³/mol. The molecular weight excluding hydrogens is 538 g/mol. The van der Waals surface area contributed by atoms with E-state index < -0.39 is 17.0 Å². The van der Waals surface area contributed by atoms with Gasteiger partial charge in [-0.2, -0.15) is 0 Å². The Bertz CT molecular complexity index is 1440. The molecule has 1 heterocycles. The van der Waals surface area contributed by atoms with Gasteiger partial charge in [-0.25, -0.2) is 0 Å². The molecule has 1 saturated heterocycles. The summed E-state index contributed by atoms with van der Waals surface area (Å²) in [4.78, 5) is 44.1. The Labute approximate surface area is 255 Å². The van der Waals surface area contributed by atoms with E-state index in [1.807, 2.05) is 80.3 Å². The van der Waals surface area contributed by atoms with Gasteiger partial charge >= 0.3 is 5.97 Å². The summed E-state index contributed by atoms with van der Waals surface area (Å²) in [6, 6.07) is 23.5. The second-order valence-corrected chi connectivity index (χ2v) is 12.4. The van der Waals surface area contributed by atoms with Crippen LogP contribution in [0.1, 0.15) is 51.2 Å². The zero-order valence-electron chi connectivity index (χ0n) is 25.9. The Hall–Kier alpha value is -3.97. The number of benzene rings is 3. The highest BCUT2D eigenvalue weighted by molar-refractivity contribution is 5.93. The third-order valence-corrected chi connectivity index (χ3v) is 8.37. The molecule has 0 aliphatic carbocycles. The van der Waals surface area contributed by atoms with Crippen molar-refractivity contribution in [3.05, 3.63) is 96.1 Å². The van der Waals surface area contributed by atoms with Gasteiger partial charge in [-0.3, -0.25) is 14.4 Å². The van der Waals surface area contributed by atoms with E-state index in [1.165, 1.54) is 11.0 Å². The Kier molecular flexibility index (Phi) is 10.4. The monoisotopic (exact) mass is 583 g/mol. The zero-order chi connectivity index (χ0) is 31.0. The topological polar surface area (TPSA) is 92.9 Å². The number of ether oxygens (including phenoxy) is 1. The highest BCUT2D eigenvalue weighted by Gasteiger charge is 2.44. The first-order valence-corrected chi connectivity index (χ1v) is 15.2. The lowest BCUT2D eigenvalue weighted by molar-refractivity contribution is -0.161. The van der Waals surface area contributed by atoms with E-state index in [9.17, 15) is 14.4 Å². The maximum atomic E-state index is 14.2. The normalized spacial score (nSPS) is 15.8. The molecule has 1 fully saturated rings. The summed E-state index contributed by atoms with van der Waals surface area (Å²) in [5.41, 5.74) is 7.01. The molecule has 0 spiro atoms. The van der Waals surface area contributed by atoms with Crippen molar-refractivity contribution in [1.29, 1.82) is 0 Å². The fraction of sp³-hybridized carbons (Fsp3) is 0.417. The molecule has 3 aromatic rings. The summed E-state index contributed by atoms with van der Waals surface area (Å²) in [5, 5.41) is 2.21. The predicted octanol–water partition coefficient (Wildman–Crippen LogP) is 5.31. The average Bonchev–Trinajstić information content (AvgIpc) is 2.99. The second-order valence-electron chi connectivity index (χ2n) is 12.4. The number of fused-ring (bicyclic) bond motifs is 1. The molecule has 228 valence electrons. The van der Waals surface area contributed by atoms with Gasteiger partial charge in [0.05, 0.1) is 12.0 Å². The molecule has 43 heavy (non-hydrogen) atoms. The molecule has 0 bridgehead atoms. The summed E-state index contributed by atoms with van der Waals surface area (Å²) in [7, 11) is 1.69. The SMILES string of the molecule is CCOC(=O)C1(Cc2ccccc2)CCN(C(=O)C(Cc2ccc3ccccc3c2)N(C)C(=O)C=CCC(C)(C)N)CC1. The number of hydrogen-bond donors (Lipinski definition) is 1. The van der Waals surface area contributed by atoms with E-state index in [-0.39, 0.29) is 17.8 Å². The van der Waals surface area contributed by atoms with Gasteiger partial charge in [-0.15, -0.1) is 0 Å². The van der Waals surface area contributed by atoms with E-state index in [0.29, 0.717) is 51.8 Å². The number of nitrogens with two attached hydrogens (primary N) is 1. The minimum absolute atomic E-state index is 0.117. The molecule has 3 aromatic carbocycles. The van der Waals surface area contributed by atoms with Gasteiger partial charge in [-0.05, 0) is 74.4 Å². The molecule has 4 rings (SSSR count). The fourth-order valence-corrected chi connectivity index (χ4v) is 5.80. The number of carbonyl (C=O) groups is 3. The number of esters is 1. The molecular formula is C36H45N3O4. The number of nitrogens with zero attached hydrogens (tertiary/aromatic N) is 2. The van der Waals surface area contributed by atoms with Crippen LogP contribution in [0.5, 0.6) is 0 Å². The molecule has 2 amide bonds. The lowest BCUT2D eigenvalue weighted by atomic mass is 9.73. The van der Waals surface area contributed by atoms with Crippen molar-refractivity contribution >= 4 is 28.6 Å². The summed E-state index contributed by atoms with van der Waals surface area (Å²) in [6.45, 7) is 6.77. The number of hydrogen-bond acceptors (Lipinski definition) is 5. The van der Waals surface area contributed by atoms with Crippen LogP contribution in [0.2, 0.25) is 0 Å². The molecule has 1 unspecified atom stereocenters. The maximum Gasteiger partial charge on any atom is 0.312 e. The van der Waals surface area contributed by atoms with E-state index in [4.69, 9.17) is 10.5 Å². The van der Waals surface area contributed by atoms with Crippen molar-refractivity contribution in [3.8, 4) is 0 Å². The minimum atomic E-state index is -0.701. The van der Waals surface area contributed by atoms with Crippen molar-refractivity contribution < 1.29 is 19.1 Å². The molecule has 0 aromatic heterocycles. The number of likely N-dealkylation sites (N-methyl/N-ethyl adjacent to an activating group) is 1. The van der Waals surface area contributed by atoms with Crippen LogP contribution in [0.4, 0.5) is 0 Å². The smallest absolute Gasteiger partial charge is 0.312 e. The summed E-state index contributed by atoms with van der Waals surface area (Å²) >= 11 is 0. The molecule has 2 N–H and O–H groups in total. The molecule has 0 radical (unpaired) electrons. The molecule has 1 aliphatic heterocycles. The molecule has 7 nitrogen and oxygen atoms in total. The molecule has 7 heteroatoms. The van der Waals surface area contributed by atoms with Crippen LogP contribution in [0.25, 0.3) is 10.8 Å². The third-order valence-electron chi connectivity index (χ3n) is 8.37. The van der Waals surface area contributed by atoms with E-state index >= 15 is 0 Å². The highest BCUT2D eigenvalue weighted by atomic mass is 16.5. The van der Waals surface area contributed by atoms with Gasteiger partial charge in [0.15, 0.2) is 0 Å². The van der Waals surface area contributed by atoms with Crippen LogP contribution in [-0.4, -0.2) is 65.9 Å². The third kappa shape index (κ3) is 8.32. The van der Waals surface area contributed by atoms with Crippen LogP contribution >= 0.6 is 0 Å². The summed E-state index contributed by atoms with van der Waals surface area (Å²) < 4.78 is 5.53. The van der Waals surface area contributed by atoms with Crippen LogP contribution in [0, 0.1) is 5.41 Å². The minimum Gasteiger partial charge on any atom is -0.466 e. The van der Waals surface area contributed by atoms with Gasteiger partial charge in [0.1, 0.15) is 6.04 Å². The Morgan fingerprint density at radius 2 is 1.63 bits per heavy atom. The van der Waals surface area contributed by atoms with Crippen molar-refractivity contribution in [3.63, 3.8) is 0 Å². The lowest BCUT2D eigenvalue weighted by Crippen LogP contribution is -2.54. The van der Waals surface area contributed by atoms with Crippen LogP contribution in [0.3, 0.4) is 0 Å². The lowest BCUT2D eigenvalue weighted by Gasteiger charge is -2.42. The van der Waals surface area contributed by atoms with Gasteiger partial charge in [-0.1, -0.05) is 78.9 Å². The number of piperidine rings is 1. The standard InChI is InChI=1S/C36H45N3O4/c1-5-43-34(42)36(26-27-12-7-6-8-13-27)20-22-39(23-21-36)33(41)31(38(4)32(40)16-11-19-35(2,3)37)25-28-17-18-29-14-9-10-15-30(29)24-28/h6-18,24,31H,5,19-23,25-26,37H2,1-4H3. The van der Waals surface area contributed by atoms with Crippen LogP contribution in [-0.2, 0) is 32.0 Å². The van der Waals surface area contributed by atoms with Crippen LogP contribution < -0.4 is 5.73 Å². The largest absolute Gasteiger partial charge is 0.466 e.